The van der Waals surface area contributed by atoms with Gasteiger partial charge in [0.2, 0.25) is 5.91 Å². The number of hydrogen-bond donors (Lipinski definition) is 2. The van der Waals surface area contributed by atoms with Crippen molar-refractivity contribution in [2.24, 2.45) is 5.92 Å². The average Bonchev–Trinajstić information content (AvgIpc) is 2.99. The molecule has 3 unspecified atom stereocenters. The molecular weight excluding hydrogens is 291 g/mol. The summed E-state index contributed by atoms with van der Waals surface area (Å²) in [5.74, 6) is 0.885. The highest BCUT2D eigenvalue weighted by molar-refractivity contribution is 5.85. The van der Waals surface area contributed by atoms with E-state index >= 15 is 0 Å². The highest BCUT2D eigenvalue weighted by Gasteiger charge is 2.39. The van der Waals surface area contributed by atoms with Gasteiger partial charge in [-0.15, -0.1) is 12.4 Å². The number of amides is 1. The normalized spacial score (nSPS) is 27.0. The van der Waals surface area contributed by atoms with Crippen LogP contribution in [-0.2, 0) is 4.79 Å². The highest BCUT2D eigenvalue weighted by atomic mass is 35.5. The lowest BCUT2D eigenvalue weighted by Gasteiger charge is -2.08. The van der Waals surface area contributed by atoms with E-state index in [0.29, 0.717) is 18.3 Å². The zero-order valence-electron chi connectivity index (χ0n) is 12.0. The number of rotatable bonds is 5. The monoisotopic (exact) mass is 312 g/mol. The first-order valence-corrected chi connectivity index (χ1v) is 7.48. The molecule has 116 valence electrons. The minimum Gasteiger partial charge on any atom is -0.353 e. The molecular formula is C16H22ClFN2O. The SMILES string of the molecule is Cl.O=C(CCC1CCNC1)NC1CC1c1cccc(F)c1. The lowest BCUT2D eigenvalue weighted by Crippen LogP contribution is -2.27. The molecule has 1 aliphatic carbocycles. The average molecular weight is 313 g/mol. The first-order valence-electron chi connectivity index (χ1n) is 7.48. The van der Waals surface area contributed by atoms with Crippen LogP contribution in [0.1, 0.15) is 37.2 Å². The van der Waals surface area contributed by atoms with Crippen LogP contribution in [-0.4, -0.2) is 25.0 Å². The van der Waals surface area contributed by atoms with E-state index in [9.17, 15) is 9.18 Å². The van der Waals surface area contributed by atoms with Crippen LogP contribution in [0.2, 0.25) is 0 Å². The largest absolute Gasteiger partial charge is 0.353 e. The number of carbonyl (C=O) groups is 1. The van der Waals surface area contributed by atoms with Gasteiger partial charge < -0.3 is 10.6 Å². The quantitative estimate of drug-likeness (QED) is 0.877. The predicted octanol–water partition coefficient (Wildman–Crippen LogP) is 2.61. The van der Waals surface area contributed by atoms with E-state index in [1.807, 2.05) is 6.07 Å². The first kappa shape index (κ1) is 16.2. The molecule has 1 amide bonds. The van der Waals surface area contributed by atoms with Crippen molar-refractivity contribution in [3.05, 3.63) is 35.6 Å². The van der Waals surface area contributed by atoms with Crippen LogP contribution in [0.25, 0.3) is 0 Å². The van der Waals surface area contributed by atoms with Crippen LogP contribution < -0.4 is 10.6 Å². The summed E-state index contributed by atoms with van der Waals surface area (Å²) in [7, 11) is 0. The fourth-order valence-corrected chi connectivity index (χ4v) is 3.04. The smallest absolute Gasteiger partial charge is 0.220 e. The van der Waals surface area contributed by atoms with Crippen molar-refractivity contribution >= 4 is 18.3 Å². The molecule has 3 nitrogen and oxygen atoms in total. The van der Waals surface area contributed by atoms with Crippen molar-refractivity contribution in [3.63, 3.8) is 0 Å². The molecule has 1 saturated carbocycles. The Balaban J connectivity index is 0.00000161. The summed E-state index contributed by atoms with van der Waals surface area (Å²) in [6.07, 6.45) is 3.69. The zero-order chi connectivity index (χ0) is 13.9. The van der Waals surface area contributed by atoms with Crippen LogP contribution in [0.15, 0.2) is 24.3 Å². The molecule has 1 aromatic carbocycles. The third-order valence-corrected chi connectivity index (χ3v) is 4.36. The van der Waals surface area contributed by atoms with Crippen LogP contribution in [0, 0.1) is 11.7 Å². The van der Waals surface area contributed by atoms with Gasteiger partial charge in [0.15, 0.2) is 0 Å². The fourth-order valence-electron chi connectivity index (χ4n) is 3.04. The van der Waals surface area contributed by atoms with Gasteiger partial charge in [0.1, 0.15) is 5.82 Å². The second-order valence-electron chi connectivity index (χ2n) is 5.97. The predicted molar refractivity (Wildman–Crippen MR) is 83.1 cm³/mol. The van der Waals surface area contributed by atoms with E-state index in [-0.39, 0.29) is 30.2 Å². The maximum atomic E-state index is 13.1. The van der Waals surface area contributed by atoms with Crippen LogP contribution >= 0.6 is 12.4 Å². The van der Waals surface area contributed by atoms with E-state index in [1.54, 1.807) is 12.1 Å². The molecule has 2 N–H and O–H groups in total. The summed E-state index contributed by atoms with van der Waals surface area (Å²) in [4.78, 5) is 11.9. The molecule has 2 aliphatic rings. The summed E-state index contributed by atoms with van der Waals surface area (Å²) in [6.45, 7) is 2.12. The Kier molecular flexibility index (Phi) is 5.59. The van der Waals surface area contributed by atoms with Gasteiger partial charge in [-0.3, -0.25) is 4.79 Å². The molecule has 0 spiro atoms. The number of hydrogen-bond acceptors (Lipinski definition) is 2. The summed E-state index contributed by atoms with van der Waals surface area (Å²) < 4.78 is 13.1. The molecule has 2 fully saturated rings. The summed E-state index contributed by atoms with van der Waals surface area (Å²) in [5.41, 5.74) is 0.996. The standard InChI is InChI=1S/C16H21FN2O.ClH/c17-13-3-1-2-12(8-13)14-9-15(14)19-16(20)5-4-11-6-7-18-10-11;/h1-3,8,11,14-15,18H,4-7,9-10H2,(H,19,20);1H. The lowest BCUT2D eigenvalue weighted by molar-refractivity contribution is -0.121. The molecule has 1 aliphatic heterocycles. The second kappa shape index (κ2) is 7.23. The van der Waals surface area contributed by atoms with Crippen molar-refractivity contribution in [3.8, 4) is 0 Å². The van der Waals surface area contributed by atoms with Gasteiger partial charge >= 0.3 is 0 Å². The van der Waals surface area contributed by atoms with Gasteiger partial charge in [0, 0.05) is 18.4 Å². The van der Waals surface area contributed by atoms with Gasteiger partial charge in [-0.2, -0.15) is 0 Å². The zero-order valence-corrected chi connectivity index (χ0v) is 12.8. The number of halogens is 2. The van der Waals surface area contributed by atoms with Crippen molar-refractivity contribution < 1.29 is 9.18 Å². The molecule has 0 bridgehead atoms. The molecule has 21 heavy (non-hydrogen) atoms. The van der Waals surface area contributed by atoms with Crippen molar-refractivity contribution in [2.75, 3.05) is 13.1 Å². The van der Waals surface area contributed by atoms with Gasteiger partial charge in [0.05, 0.1) is 0 Å². The highest BCUT2D eigenvalue weighted by Crippen LogP contribution is 2.40. The molecule has 1 heterocycles. The van der Waals surface area contributed by atoms with Crippen LogP contribution in [0.4, 0.5) is 4.39 Å². The summed E-state index contributed by atoms with van der Waals surface area (Å²) in [5, 5.41) is 6.38. The lowest BCUT2D eigenvalue weighted by atomic mass is 10.0. The summed E-state index contributed by atoms with van der Waals surface area (Å²) in [6, 6.07) is 6.89. The third-order valence-electron chi connectivity index (χ3n) is 4.36. The van der Waals surface area contributed by atoms with E-state index in [1.165, 1.54) is 12.5 Å². The molecule has 0 radical (unpaired) electrons. The Morgan fingerprint density at radius 2 is 2.29 bits per heavy atom. The minimum absolute atomic E-state index is 0. The number of benzene rings is 1. The van der Waals surface area contributed by atoms with Crippen LogP contribution in [0.3, 0.4) is 0 Å². The Morgan fingerprint density at radius 3 is 3.00 bits per heavy atom. The molecule has 0 aromatic heterocycles. The maximum absolute atomic E-state index is 13.1. The molecule has 3 rings (SSSR count). The maximum Gasteiger partial charge on any atom is 0.220 e. The van der Waals surface area contributed by atoms with Crippen LogP contribution in [0.5, 0.6) is 0 Å². The Bertz CT molecular complexity index is 491. The van der Waals surface area contributed by atoms with Gasteiger partial charge in [-0.1, -0.05) is 12.1 Å². The molecule has 1 saturated heterocycles. The topological polar surface area (TPSA) is 41.1 Å². The van der Waals surface area contributed by atoms with E-state index < -0.39 is 0 Å². The summed E-state index contributed by atoms with van der Waals surface area (Å²) >= 11 is 0. The molecule has 3 atom stereocenters. The molecule has 1 aromatic rings. The van der Waals surface area contributed by atoms with E-state index in [0.717, 1.165) is 31.5 Å². The van der Waals surface area contributed by atoms with Crippen molar-refractivity contribution in [2.45, 2.75) is 37.6 Å². The Hall–Kier alpha value is -1.13. The van der Waals surface area contributed by atoms with E-state index in [4.69, 9.17) is 0 Å². The van der Waals surface area contributed by atoms with Crippen molar-refractivity contribution in [1.82, 2.24) is 10.6 Å². The molecule has 5 heteroatoms. The first-order chi connectivity index (χ1) is 9.72. The van der Waals surface area contributed by atoms with Crippen molar-refractivity contribution in [1.29, 1.82) is 0 Å². The Morgan fingerprint density at radius 1 is 1.43 bits per heavy atom. The second-order valence-corrected chi connectivity index (χ2v) is 5.97. The minimum atomic E-state index is -0.201. The van der Waals surface area contributed by atoms with Gasteiger partial charge in [-0.05, 0) is 56.0 Å². The number of nitrogens with one attached hydrogen (secondary N) is 2. The fraction of sp³-hybridized carbons (Fsp3) is 0.562. The Labute approximate surface area is 131 Å². The number of carbonyl (C=O) groups excluding carboxylic acids is 1. The third kappa shape index (κ3) is 4.42. The van der Waals surface area contributed by atoms with Gasteiger partial charge in [0.25, 0.3) is 0 Å². The van der Waals surface area contributed by atoms with E-state index in [2.05, 4.69) is 10.6 Å². The van der Waals surface area contributed by atoms with Gasteiger partial charge in [-0.25, -0.2) is 4.39 Å².